The number of furan rings is 1. The fraction of sp³-hybridized carbons (Fsp3) is 0.182. The summed E-state index contributed by atoms with van der Waals surface area (Å²) in [5.74, 6) is -1.65. The highest BCUT2D eigenvalue weighted by Gasteiger charge is 2.18. The number of benzene rings is 1. The van der Waals surface area contributed by atoms with Gasteiger partial charge in [-0.2, -0.15) is 0 Å². The van der Waals surface area contributed by atoms with Crippen LogP contribution in [-0.2, 0) is 10.1 Å². The average Bonchev–Trinajstić information content (AvgIpc) is 2.60. The first-order valence-electron chi connectivity index (χ1n) is 5.04. The molecular weight excluding hydrogens is 276 g/mol. The first-order chi connectivity index (χ1) is 8.75. The van der Waals surface area contributed by atoms with Gasteiger partial charge in [0, 0.05) is 17.0 Å². The van der Waals surface area contributed by atoms with Crippen molar-refractivity contribution in [2.45, 2.75) is 11.8 Å². The first-order valence-corrected chi connectivity index (χ1v) is 6.45. The van der Waals surface area contributed by atoms with Crippen molar-refractivity contribution in [3.05, 3.63) is 23.5 Å². The lowest BCUT2D eigenvalue weighted by Crippen LogP contribution is -2.22. The predicted molar refractivity (Wildman–Crippen MR) is 59.8 cm³/mol. The Morgan fingerprint density at radius 3 is 2.47 bits per heavy atom. The third-order valence-corrected chi connectivity index (χ3v) is 3.48. The average molecular weight is 284 g/mol. The number of carboxylic acid groups (broad SMARTS) is 1. The summed E-state index contributed by atoms with van der Waals surface area (Å²) < 4.78 is 43.1. The van der Waals surface area contributed by atoms with Gasteiger partial charge in [-0.05, 0) is 13.0 Å². The Morgan fingerprint density at radius 2 is 2.00 bits per heavy atom. The monoisotopic (exact) mass is 284 g/mol. The zero-order valence-electron chi connectivity index (χ0n) is 9.92. The third kappa shape index (κ3) is 2.15. The summed E-state index contributed by atoms with van der Waals surface area (Å²) in [6.07, 6.45) is 0. The second-order valence-electron chi connectivity index (χ2n) is 3.77. The summed E-state index contributed by atoms with van der Waals surface area (Å²) in [4.78, 5) is 10.4. The molecule has 8 heteroatoms. The number of aromatic carboxylic acids is 1. The van der Waals surface area contributed by atoms with Crippen LogP contribution in [0.4, 0.5) is 0 Å². The molecular formula is C11H8O7S-2. The van der Waals surface area contributed by atoms with E-state index in [1.807, 2.05) is 0 Å². The van der Waals surface area contributed by atoms with Gasteiger partial charge in [-0.1, -0.05) is 0 Å². The molecule has 0 fully saturated rings. The van der Waals surface area contributed by atoms with Crippen LogP contribution in [0.3, 0.4) is 0 Å². The number of methoxy groups -OCH3 is 1. The maximum absolute atomic E-state index is 11.1. The molecule has 0 spiro atoms. The van der Waals surface area contributed by atoms with Crippen molar-refractivity contribution in [2.24, 2.45) is 0 Å². The van der Waals surface area contributed by atoms with Crippen LogP contribution in [0.15, 0.2) is 21.4 Å². The van der Waals surface area contributed by atoms with Crippen LogP contribution in [0.25, 0.3) is 11.0 Å². The highest BCUT2D eigenvalue weighted by atomic mass is 32.2. The van der Waals surface area contributed by atoms with Gasteiger partial charge in [-0.3, -0.25) is 0 Å². The van der Waals surface area contributed by atoms with Gasteiger partial charge in [0.2, 0.25) is 0 Å². The van der Waals surface area contributed by atoms with E-state index >= 15 is 0 Å². The molecule has 2 rings (SSSR count). The summed E-state index contributed by atoms with van der Waals surface area (Å²) in [5, 5.41) is 11.1. The number of hydrogen-bond donors (Lipinski definition) is 0. The largest absolute Gasteiger partial charge is 0.744 e. The van der Waals surface area contributed by atoms with Gasteiger partial charge in [-0.15, -0.1) is 0 Å². The topological polar surface area (TPSA) is 120 Å². The van der Waals surface area contributed by atoms with Gasteiger partial charge in [-0.25, -0.2) is 8.42 Å². The Hall–Kier alpha value is -2.06. The number of aryl methyl sites for hydroxylation is 1. The summed E-state index contributed by atoms with van der Waals surface area (Å²) in [6.45, 7) is 1.39. The zero-order chi connectivity index (χ0) is 14.4. The normalized spacial score (nSPS) is 11.7. The lowest BCUT2D eigenvalue weighted by Gasteiger charge is -2.12. The molecule has 2 aromatic rings. The van der Waals surface area contributed by atoms with E-state index in [1.165, 1.54) is 14.0 Å². The van der Waals surface area contributed by atoms with Gasteiger partial charge < -0.3 is 23.6 Å². The van der Waals surface area contributed by atoms with Crippen LogP contribution in [-0.4, -0.2) is 26.0 Å². The van der Waals surface area contributed by atoms with Crippen molar-refractivity contribution in [3.63, 3.8) is 0 Å². The van der Waals surface area contributed by atoms with Crippen molar-refractivity contribution in [1.82, 2.24) is 0 Å². The molecule has 0 aliphatic heterocycles. The standard InChI is InChI=1S/C11H10O7S/c1-5-10(11(12)13)6-3-8(17-2)9(19(14,15)16)4-7(6)18-5/h3-4H,1-2H3,(H,12,13)(H,14,15,16)/p-2. The van der Waals surface area contributed by atoms with Crippen LogP contribution in [0.5, 0.6) is 5.75 Å². The van der Waals surface area contributed by atoms with Gasteiger partial charge in [0.05, 0.1) is 13.1 Å². The number of hydrogen-bond acceptors (Lipinski definition) is 7. The second kappa shape index (κ2) is 4.25. The van der Waals surface area contributed by atoms with Gasteiger partial charge in [0.15, 0.2) is 0 Å². The fourth-order valence-corrected chi connectivity index (χ4v) is 2.48. The van der Waals surface area contributed by atoms with Crippen LogP contribution in [0.1, 0.15) is 16.1 Å². The van der Waals surface area contributed by atoms with Gasteiger partial charge >= 0.3 is 0 Å². The molecule has 0 aliphatic carbocycles. The summed E-state index contributed by atoms with van der Waals surface area (Å²) in [5.41, 5.74) is -0.241. The minimum atomic E-state index is -4.76. The molecule has 0 N–H and O–H groups in total. The molecule has 102 valence electrons. The van der Waals surface area contributed by atoms with Crippen LogP contribution < -0.4 is 9.84 Å². The smallest absolute Gasteiger partial charge is 0.137 e. The molecule has 0 atom stereocenters. The minimum Gasteiger partial charge on any atom is -0.744 e. The lowest BCUT2D eigenvalue weighted by atomic mass is 10.1. The molecule has 0 saturated carbocycles. The number of carboxylic acids is 1. The quantitative estimate of drug-likeness (QED) is 0.728. The van der Waals surface area contributed by atoms with E-state index < -0.39 is 21.0 Å². The molecule has 0 saturated heterocycles. The molecule has 1 aromatic carbocycles. The van der Waals surface area contributed by atoms with Crippen molar-refractivity contribution >= 4 is 27.1 Å². The molecule has 1 aromatic heterocycles. The number of fused-ring (bicyclic) bond motifs is 1. The van der Waals surface area contributed by atoms with E-state index in [0.29, 0.717) is 0 Å². The molecule has 7 nitrogen and oxygen atoms in total. The van der Waals surface area contributed by atoms with Crippen molar-refractivity contribution in [3.8, 4) is 5.75 Å². The fourth-order valence-electron chi connectivity index (χ4n) is 1.84. The predicted octanol–water partition coefficient (Wildman–Crippen LogP) is 0.0174. The third-order valence-electron chi connectivity index (χ3n) is 2.62. The molecule has 0 aliphatic rings. The van der Waals surface area contributed by atoms with E-state index in [4.69, 9.17) is 9.15 Å². The van der Waals surface area contributed by atoms with Crippen molar-refractivity contribution < 1.29 is 32.0 Å². The maximum Gasteiger partial charge on any atom is 0.137 e. The molecule has 0 bridgehead atoms. The van der Waals surface area contributed by atoms with E-state index in [9.17, 15) is 22.9 Å². The second-order valence-corrected chi connectivity index (χ2v) is 5.12. The number of carbonyl (C=O) groups excluding carboxylic acids is 1. The van der Waals surface area contributed by atoms with Crippen LogP contribution >= 0.6 is 0 Å². The summed E-state index contributed by atoms with van der Waals surface area (Å²) in [6, 6.07) is 2.07. The highest BCUT2D eigenvalue weighted by Crippen LogP contribution is 2.33. The summed E-state index contributed by atoms with van der Waals surface area (Å²) >= 11 is 0. The Kier molecular flexibility index (Phi) is 2.99. The first kappa shape index (κ1) is 13.4. The Balaban J connectivity index is 2.90. The minimum absolute atomic E-state index is 0.0353. The van der Waals surface area contributed by atoms with Crippen molar-refractivity contribution in [2.75, 3.05) is 7.11 Å². The van der Waals surface area contributed by atoms with Gasteiger partial charge in [0.25, 0.3) is 0 Å². The molecule has 1 heterocycles. The Morgan fingerprint density at radius 1 is 1.37 bits per heavy atom. The molecule has 0 unspecified atom stereocenters. The van der Waals surface area contributed by atoms with Gasteiger partial charge in [0.1, 0.15) is 32.1 Å². The summed E-state index contributed by atoms with van der Waals surface area (Å²) in [7, 11) is -3.59. The van der Waals surface area contributed by atoms with E-state index in [0.717, 1.165) is 12.1 Å². The Bertz CT molecular complexity index is 770. The lowest BCUT2D eigenvalue weighted by molar-refractivity contribution is -0.254. The maximum atomic E-state index is 11.1. The van der Waals surface area contributed by atoms with Crippen LogP contribution in [0, 0.1) is 6.92 Å². The number of ether oxygens (including phenoxy) is 1. The highest BCUT2D eigenvalue weighted by molar-refractivity contribution is 7.85. The molecule has 0 radical (unpaired) electrons. The SMILES string of the molecule is COc1cc2c(C(=O)[O-])c(C)oc2cc1S(=O)(=O)[O-]. The molecule has 19 heavy (non-hydrogen) atoms. The van der Waals surface area contributed by atoms with E-state index in [2.05, 4.69) is 0 Å². The Labute approximate surface area is 108 Å². The molecule has 0 amide bonds. The number of carbonyl (C=O) groups is 1. The van der Waals surface area contributed by atoms with Crippen molar-refractivity contribution in [1.29, 1.82) is 0 Å². The number of rotatable bonds is 3. The van der Waals surface area contributed by atoms with E-state index in [-0.39, 0.29) is 28.0 Å². The van der Waals surface area contributed by atoms with E-state index in [1.54, 1.807) is 0 Å². The van der Waals surface area contributed by atoms with Crippen LogP contribution in [0.2, 0.25) is 0 Å². The zero-order valence-corrected chi connectivity index (χ0v) is 10.7.